The maximum Gasteiger partial charge on any atom is 0.175 e. The van der Waals surface area contributed by atoms with Gasteiger partial charge in [0.05, 0.1) is 30.4 Å². The van der Waals surface area contributed by atoms with Crippen LogP contribution >= 0.6 is 37.2 Å². The number of halogens is 3. The van der Waals surface area contributed by atoms with Crippen LogP contribution in [0.2, 0.25) is 0 Å². The predicted molar refractivity (Wildman–Crippen MR) is 133 cm³/mol. The molecule has 1 N–H and O–H groups in total. The van der Waals surface area contributed by atoms with Crippen LogP contribution in [0.4, 0.5) is 17.3 Å². The molecule has 3 aromatic heterocycles. The quantitative estimate of drug-likeness (QED) is 0.577. The van der Waals surface area contributed by atoms with Crippen molar-refractivity contribution in [3.8, 4) is 17.1 Å². The largest absolute Gasteiger partial charge is 0.493 e. The third kappa shape index (κ3) is 6.58. The standard InChI is InChI=1S/C21H24N6O.3ClH/c1-26-11-13-27(14-12-26)16-6-9-20(23-15-16)25-21-19(28-2)8-7-18(24-21)17-5-3-4-10-22-17;;;/h3-10,15H,11-14H2,1-2H3,(H,23,24,25);3*1H. The summed E-state index contributed by atoms with van der Waals surface area (Å²) >= 11 is 0. The second-order valence-electron chi connectivity index (χ2n) is 6.78. The van der Waals surface area contributed by atoms with E-state index >= 15 is 0 Å². The van der Waals surface area contributed by atoms with Crippen LogP contribution in [0.5, 0.6) is 5.75 Å². The Morgan fingerprint density at radius 1 is 0.871 bits per heavy atom. The van der Waals surface area contributed by atoms with Crippen molar-refractivity contribution in [3.05, 3.63) is 54.9 Å². The average Bonchev–Trinajstić information content (AvgIpc) is 2.75. The first-order valence-corrected chi connectivity index (χ1v) is 9.36. The molecule has 0 atom stereocenters. The van der Waals surface area contributed by atoms with Crippen molar-refractivity contribution in [2.24, 2.45) is 0 Å². The van der Waals surface area contributed by atoms with Gasteiger partial charge in [-0.05, 0) is 43.4 Å². The zero-order valence-electron chi connectivity index (χ0n) is 17.4. The van der Waals surface area contributed by atoms with Crippen LogP contribution in [0, 0.1) is 0 Å². The zero-order valence-corrected chi connectivity index (χ0v) is 19.8. The molecule has 1 saturated heterocycles. The molecule has 1 aliphatic heterocycles. The second-order valence-corrected chi connectivity index (χ2v) is 6.78. The van der Waals surface area contributed by atoms with Gasteiger partial charge < -0.3 is 19.9 Å². The number of aromatic nitrogens is 3. The lowest BCUT2D eigenvalue weighted by atomic mass is 10.2. The van der Waals surface area contributed by atoms with E-state index in [1.54, 1.807) is 13.3 Å². The molecule has 1 aliphatic rings. The molecule has 0 aliphatic carbocycles. The average molecular weight is 486 g/mol. The van der Waals surface area contributed by atoms with E-state index in [1.807, 2.05) is 42.6 Å². The Balaban J connectivity index is 0.00000160. The molecule has 0 unspecified atom stereocenters. The van der Waals surface area contributed by atoms with Crippen molar-refractivity contribution in [2.45, 2.75) is 0 Å². The first-order valence-electron chi connectivity index (χ1n) is 9.36. The molecule has 168 valence electrons. The van der Waals surface area contributed by atoms with Crippen LogP contribution in [0.15, 0.2) is 54.9 Å². The fourth-order valence-corrected chi connectivity index (χ4v) is 3.19. The third-order valence-corrected chi connectivity index (χ3v) is 4.87. The van der Waals surface area contributed by atoms with Gasteiger partial charge in [-0.2, -0.15) is 0 Å². The summed E-state index contributed by atoms with van der Waals surface area (Å²) in [4.78, 5) is 18.3. The SMILES string of the molecule is COc1ccc(-c2ccccn2)nc1Nc1ccc(N2CCN(C)CC2)cn1.Cl.Cl.Cl. The lowest BCUT2D eigenvalue weighted by molar-refractivity contribution is 0.313. The highest BCUT2D eigenvalue weighted by molar-refractivity contribution is 5.86. The predicted octanol–water partition coefficient (Wildman–Crippen LogP) is 4.31. The number of hydrogen-bond donors (Lipinski definition) is 1. The Bertz CT molecular complexity index is 922. The number of hydrogen-bond acceptors (Lipinski definition) is 7. The number of piperazine rings is 1. The minimum atomic E-state index is 0. The highest BCUT2D eigenvalue weighted by Crippen LogP contribution is 2.28. The van der Waals surface area contributed by atoms with Gasteiger partial charge in [-0.15, -0.1) is 37.2 Å². The van der Waals surface area contributed by atoms with Gasteiger partial charge in [0, 0.05) is 32.4 Å². The van der Waals surface area contributed by atoms with Crippen LogP contribution in [0.3, 0.4) is 0 Å². The maximum absolute atomic E-state index is 5.45. The summed E-state index contributed by atoms with van der Waals surface area (Å²) in [6, 6.07) is 13.6. The molecule has 0 bridgehead atoms. The van der Waals surface area contributed by atoms with Gasteiger partial charge in [-0.3, -0.25) is 4.98 Å². The van der Waals surface area contributed by atoms with Crippen LogP contribution in [0.1, 0.15) is 0 Å². The summed E-state index contributed by atoms with van der Waals surface area (Å²) in [6.07, 6.45) is 3.66. The van der Waals surface area contributed by atoms with E-state index in [2.05, 4.69) is 43.2 Å². The molecule has 4 heterocycles. The van der Waals surface area contributed by atoms with Gasteiger partial charge in [0.1, 0.15) is 5.82 Å². The fraction of sp³-hybridized carbons (Fsp3) is 0.286. The fourth-order valence-electron chi connectivity index (χ4n) is 3.19. The molecule has 0 radical (unpaired) electrons. The van der Waals surface area contributed by atoms with E-state index in [-0.39, 0.29) is 37.2 Å². The van der Waals surface area contributed by atoms with E-state index in [1.165, 1.54) is 0 Å². The molecule has 31 heavy (non-hydrogen) atoms. The second kappa shape index (κ2) is 12.5. The third-order valence-electron chi connectivity index (χ3n) is 4.87. The molecule has 4 rings (SSSR count). The van der Waals surface area contributed by atoms with E-state index < -0.39 is 0 Å². The summed E-state index contributed by atoms with van der Waals surface area (Å²) < 4.78 is 5.45. The Morgan fingerprint density at radius 3 is 2.26 bits per heavy atom. The van der Waals surface area contributed by atoms with Crippen molar-refractivity contribution < 1.29 is 4.74 Å². The maximum atomic E-state index is 5.45. The first kappa shape index (κ1) is 26.7. The van der Waals surface area contributed by atoms with Crippen molar-refractivity contribution in [1.82, 2.24) is 19.9 Å². The van der Waals surface area contributed by atoms with E-state index in [0.29, 0.717) is 11.6 Å². The summed E-state index contributed by atoms with van der Waals surface area (Å²) in [5.41, 5.74) is 2.73. The zero-order chi connectivity index (χ0) is 19.3. The number of nitrogens with one attached hydrogen (secondary N) is 1. The van der Waals surface area contributed by atoms with Crippen LogP contribution < -0.4 is 15.0 Å². The first-order chi connectivity index (χ1) is 13.7. The molecule has 0 spiro atoms. The van der Waals surface area contributed by atoms with Crippen molar-refractivity contribution in [2.75, 3.05) is 50.6 Å². The van der Waals surface area contributed by atoms with E-state index in [4.69, 9.17) is 4.74 Å². The lowest BCUT2D eigenvalue weighted by Crippen LogP contribution is -2.44. The van der Waals surface area contributed by atoms with Crippen LogP contribution in [-0.4, -0.2) is 60.2 Å². The number of nitrogens with zero attached hydrogens (tertiary/aromatic N) is 5. The molecule has 0 aromatic carbocycles. The molecule has 3 aromatic rings. The van der Waals surface area contributed by atoms with E-state index in [0.717, 1.165) is 49.1 Å². The van der Waals surface area contributed by atoms with Gasteiger partial charge in [-0.1, -0.05) is 6.07 Å². The van der Waals surface area contributed by atoms with Crippen molar-refractivity contribution in [1.29, 1.82) is 0 Å². The highest BCUT2D eigenvalue weighted by atomic mass is 35.5. The topological polar surface area (TPSA) is 66.4 Å². The Morgan fingerprint density at radius 2 is 1.65 bits per heavy atom. The molecule has 0 saturated carbocycles. The summed E-state index contributed by atoms with van der Waals surface area (Å²) in [6.45, 7) is 4.18. The molecular weight excluding hydrogens is 459 g/mol. The number of ether oxygens (including phenoxy) is 1. The minimum Gasteiger partial charge on any atom is -0.493 e. The summed E-state index contributed by atoms with van der Waals surface area (Å²) in [7, 11) is 3.79. The smallest absolute Gasteiger partial charge is 0.175 e. The van der Waals surface area contributed by atoms with Crippen LogP contribution in [-0.2, 0) is 0 Å². The molecule has 10 heteroatoms. The molecular formula is C21H27Cl3N6O. The Hall–Kier alpha value is -2.32. The molecule has 7 nitrogen and oxygen atoms in total. The molecule has 0 amide bonds. The van der Waals surface area contributed by atoms with Crippen LogP contribution in [0.25, 0.3) is 11.4 Å². The van der Waals surface area contributed by atoms with Crippen molar-refractivity contribution in [3.63, 3.8) is 0 Å². The summed E-state index contributed by atoms with van der Waals surface area (Å²) in [5, 5.41) is 3.27. The minimum absolute atomic E-state index is 0. The van der Waals surface area contributed by atoms with Gasteiger partial charge in [0.25, 0.3) is 0 Å². The number of rotatable bonds is 5. The lowest BCUT2D eigenvalue weighted by Gasteiger charge is -2.33. The number of methoxy groups -OCH3 is 1. The van der Waals surface area contributed by atoms with Gasteiger partial charge >= 0.3 is 0 Å². The number of pyridine rings is 3. The number of anilines is 3. The van der Waals surface area contributed by atoms with Crippen molar-refractivity contribution >= 4 is 54.5 Å². The van der Waals surface area contributed by atoms with Gasteiger partial charge in [0.2, 0.25) is 0 Å². The molecule has 1 fully saturated rings. The van der Waals surface area contributed by atoms with Gasteiger partial charge in [0.15, 0.2) is 11.6 Å². The normalized spacial score (nSPS) is 13.3. The number of likely N-dealkylation sites (N-methyl/N-ethyl adjacent to an activating group) is 1. The monoisotopic (exact) mass is 484 g/mol. The highest BCUT2D eigenvalue weighted by Gasteiger charge is 2.15. The van der Waals surface area contributed by atoms with Gasteiger partial charge in [-0.25, -0.2) is 9.97 Å². The summed E-state index contributed by atoms with van der Waals surface area (Å²) in [5.74, 6) is 2.00. The Labute approximate surface area is 201 Å². The Kier molecular flexibility index (Phi) is 10.8. The van der Waals surface area contributed by atoms with E-state index in [9.17, 15) is 0 Å².